The van der Waals surface area contributed by atoms with Gasteiger partial charge in [0.2, 0.25) is 0 Å². The van der Waals surface area contributed by atoms with Crippen LogP contribution in [0.4, 0.5) is 0 Å². The Hall–Kier alpha value is -0.910. The fourth-order valence-electron chi connectivity index (χ4n) is 2.27. The number of thioether (sulfide) groups is 1. The molecule has 0 saturated carbocycles. The lowest BCUT2D eigenvalue weighted by atomic mass is 10.1. The van der Waals surface area contributed by atoms with Crippen molar-refractivity contribution in [2.75, 3.05) is 12.8 Å². The summed E-state index contributed by atoms with van der Waals surface area (Å²) in [7, 11) is 0. The minimum atomic E-state index is -0.981. The van der Waals surface area contributed by atoms with Crippen molar-refractivity contribution in [3.8, 4) is 0 Å². The van der Waals surface area contributed by atoms with E-state index in [1.165, 1.54) is 22.7 Å². The molecule has 1 atom stereocenters. The van der Waals surface area contributed by atoms with E-state index in [0.29, 0.717) is 30.0 Å². The van der Waals surface area contributed by atoms with E-state index in [-0.39, 0.29) is 10.9 Å². The van der Waals surface area contributed by atoms with Crippen LogP contribution in [0.2, 0.25) is 10.0 Å². The van der Waals surface area contributed by atoms with Gasteiger partial charge in [-0.05, 0) is 31.2 Å². The van der Waals surface area contributed by atoms with E-state index in [4.69, 9.17) is 28.3 Å². The Bertz CT molecular complexity index is 565. The third-order valence-electron chi connectivity index (χ3n) is 3.27. The van der Waals surface area contributed by atoms with Crippen LogP contribution in [-0.4, -0.2) is 40.7 Å². The predicted octanol–water partition coefficient (Wildman–Crippen LogP) is 3.40. The summed E-state index contributed by atoms with van der Waals surface area (Å²) < 4.78 is 0. The number of amides is 1. The van der Waals surface area contributed by atoms with Crippen LogP contribution in [0, 0.1) is 0 Å². The molecule has 0 spiro atoms. The van der Waals surface area contributed by atoms with Crippen LogP contribution >= 0.6 is 35.0 Å². The average Bonchev–Trinajstić information content (AvgIpc) is 2.87. The number of hydrogen-bond acceptors (Lipinski definition) is 3. The lowest BCUT2D eigenvalue weighted by Crippen LogP contribution is -2.40. The van der Waals surface area contributed by atoms with Crippen molar-refractivity contribution >= 4 is 46.8 Å². The summed E-state index contributed by atoms with van der Waals surface area (Å²) in [6.45, 7) is 0.434. The van der Waals surface area contributed by atoms with Crippen LogP contribution in [-0.2, 0) is 4.79 Å². The normalized spacial score (nSPS) is 18.4. The fraction of sp³-hybridized carbons (Fsp3) is 0.385. The maximum Gasteiger partial charge on any atom is 0.326 e. The smallest absolute Gasteiger partial charge is 0.326 e. The van der Waals surface area contributed by atoms with Gasteiger partial charge in [0.25, 0.3) is 5.91 Å². The molecule has 0 unspecified atom stereocenters. The van der Waals surface area contributed by atoms with Gasteiger partial charge in [0.15, 0.2) is 0 Å². The molecule has 4 nitrogen and oxygen atoms in total. The first-order valence-corrected chi connectivity index (χ1v) is 8.00. The Morgan fingerprint density at radius 2 is 2.05 bits per heavy atom. The van der Waals surface area contributed by atoms with E-state index < -0.39 is 12.0 Å². The molecule has 7 heteroatoms. The highest BCUT2D eigenvalue weighted by molar-refractivity contribution is 7.98. The average molecular weight is 334 g/mol. The largest absolute Gasteiger partial charge is 0.480 e. The molecule has 0 bridgehead atoms. The second kappa shape index (κ2) is 6.24. The van der Waals surface area contributed by atoms with Crippen molar-refractivity contribution in [1.82, 2.24) is 4.90 Å². The van der Waals surface area contributed by atoms with Gasteiger partial charge < -0.3 is 10.0 Å². The van der Waals surface area contributed by atoms with Crippen LogP contribution in [0.5, 0.6) is 0 Å². The van der Waals surface area contributed by atoms with Gasteiger partial charge in [0.1, 0.15) is 6.04 Å². The molecule has 1 aliphatic heterocycles. The van der Waals surface area contributed by atoms with Crippen LogP contribution < -0.4 is 0 Å². The Balaban J connectivity index is 2.36. The molecule has 1 saturated heterocycles. The highest BCUT2D eigenvalue weighted by Crippen LogP contribution is 2.33. The third kappa shape index (κ3) is 2.90. The number of nitrogens with zero attached hydrogens (tertiary/aromatic N) is 1. The molecule has 1 aliphatic rings. The van der Waals surface area contributed by atoms with Gasteiger partial charge in [-0.15, -0.1) is 11.8 Å². The van der Waals surface area contributed by atoms with Gasteiger partial charge in [-0.25, -0.2) is 4.79 Å². The number of carboxylic acids is 1. The molecule has 2 rings (SSSR count). The summed E-state index contributed by atoms with van der Waals surface area (Å²) in [5, 5.41) is 9.87. The van der Waals surface area contributed by atoms with E-state index in [9.17, 15) is 9.59 Å². The van der Waals surface area contributed by atoms with E-state index in [2.05, 4.69) is 0 Å². The zero-order valence-corrected chi connectivity index (χ0v) is 13.1. The van der Waals surface area contributed by atoms with Gasteiger partial charge in [-0.1, -0.05) is 23.2 Å². The molecule has 0 aliphatic carbocycles. The molecule has 1 fully saturated rings. The number of carbonyl (C=O) groups excluding carboxylic acids is 1. The molecule has 1 amide bonds. The summed E-state index contributed by atoms with van der Waals surface area (Å²) in [5.41, 5.74) is 0.300. The predicted molar refractivity (Wildman–Crippen MR) is 79.9 cm³/mol. The number of halogens is 2. The maximum atomic E-state index is 12.5. The highest BCUT2D eigenvalue weighted by Gasteiger charge is 2.35. The number of carbonyl (C=O) groups is 2. The Labute approximate surface area is 131 Å². The van der Waals surface area contributed by atoms with Gasteiger partial charge in [-0.2, -0.15) is 0 Å². The van der Waals surface area contributed by atoms with E-state index in [1.807, 2.05) is 6.26 Å². The first-order valence-electron chi connectivity index (χ1n) is 6.02. The summed E-state index contributed by atoms with van der Waals surface area (Å²) in [5.74, 6) is -1.34. The van der Waals surface area contributed by atoms with Crippen molar-refractivity contribution in [2.45, 2.75) is 23.8 Å². The van der Waals surface area contributed by atoms with Gasteiger partial charge in [0, 0.05) is 11.4 Å². The highest BCUT2D eigenvalue weighted by atomic mass is 35.5. The second-order valence-corrected chi connectivity index (χ2v) is 6.12. The minimum absolute atomic E-state index is 0.244. The van der Waals surface area contributed by atoms with Gasteiger partial charge in [-0.3, -0.25) is 4.79 Å². The van der Waals surface area contributed by atoms with E-state index in [1.54, 1.807) is 6.07 Å². The molecular weight excluding hydrogens is 321 g/mol. The molecule has 20 heavy (non-hydrogen) atoms. The second-order valence-electron chi connectivity index (χ2n) is 4.46. The molecule has 0 aromatic heterocycles. The Kier molecular flexibility index (Phi) is 4.83. The molecule has 1 aromatic carbocycles. The monoisotopic (exact) mass is 333 g/mol. The molecule has 0 radical (unpaired) electrons. The summed E-state index contributed by atoms with van der Waals surface area (Å²) >= 11 is 13.5. The molecule has 108 valence electrons. The number of rotatable bonds is 3. The van der Waals surface area contributed by atoms with Crippen LogP contribution in [0.15, 0.2) is 17.0 Å². The number of aliphatic carboxylic acids is 1. The van der Waals surface area contributed by atoms with Gasteiger partial charge >= 0.3 is 5.97 Å². The summed E-state index contributed by atoms with van der Waals surface area (Å²) in [6.07, 6.45) is 3.00. The summed E-state index contributed by atoms with van der Waals surface area (Å²) in [4.78, 5) is 25.7. The molecule has 1 heterocycles. The fourth-order valence-corrected chi connectivity index (χ4v) is 3.46. The SMILES string of the molecule is CSc1cc(C(=O)N2CCC[C@H]2C(=O)O)c(Cl)cc1Cl. The molecular formula is C13H13Cl2NO3S. The number of hydrogen-bond donors (Lipinski definition) is 1. The Morgan fingerprint density at radius 1 is 1.35 bits per heavy atom. The van der Waals surface area contributed by atoms with Crippen molar-refractivity contribution in [3.63, 3.8) is 0 Å². The van der Waals surface area contributed by atoms with Crippen LogP contribution in [0.3, 0.4) is 0 Å². The van der Waals surface area contributed by atoms with E-state index >= 15 is 0 Å². The summed E-state index contributed by atoms with van der Waals surface area (Å²) in [6, 6.07) is 2.37. The Morgan fingerprint density at radius 3 is 2.65 bits per heavy atom. The van der Waals surface area contributed by atoms with Crippen molar-refractivity contribution in [1.29, 1.82) is 0 Å². The van der Waals surface area contributed by atoms with Crippen molar-refractivity contribution in [3.05, 3.63) is 27.7 Å². The third-order valence-corrected chi connectivity index (χ3v) is 4.79. The van der Waals surface area contributed by atoms with Crippen molar-refractivity contribution in [2.24, 2.45) is 0 Å². The first kappa shape index (κ1) is 15.5. The van der Waals surface area contributed by atoms with E-state index in [0.717, 1.165) is 4.90 Å². The lowest BCUT2D eigenvalue weighted by Gasteiger charge is -2.22. The number of likely N-dealkylation sites (tertiary alicyclic amines) is 1. The topological polar surface area (TPSA) is 57.6 Å². The first-order chi connectivity index (χ1) is 9.45. The molecule has 1 N–H and O–H groups in total. The number of carboxylic acid groups (broad SMARTS) is 1. The van der Waals surface area contributed by atoms with Crippen LogP contribution in [0.1, 0.15) is 23.2 Å². The zero-order valence-electron chi connectivity index (χ0n) is 10.7. The zero-order chi connectivity index (χ0) is 14.9. The number of benzene rings is 1. The van der Waals surface area contributed by atoms with Crippen LogP contribution in [0.25, 0.3) is 0 Å². The quantitative estimate of drug-likeness (QED) is 0.861. The maximum absolute atomic E-state index is 12.5. The minimum Gasteiger partial charge on any atom is -0.480 e. The lowest BCUT2D eigenvalue weighted by molar-refractivity contribution is -0.141. The molecule has 1 aromatic rings. The van der Waals surface area contributed by atoms with Gasteiger partial charge in [0.05, 0.1) is 15.6 Å². The standard InChI is InChI=1S/C13H13Cl2NO3S/c1-20-11-5-7(8(14)6-9(11)15)12(17)16-4-2-3-10(16)13(18)19/h5-6,10H,2-4H2,1H3,(H,18,19)/t10-/m0/s1. The van der Waals surface area contributed by atoms with Crippen molar-refractivity contribution < 1.29 is 14.7 Å².